The molecule has 2 heteroatoms. The molecular weight excluding hydrogens is 125 g/mol. The maximum Gasteiger partial charge on any atom is 0.258 e. The normalized spacial score (nSPS) is 9.44. The molecule has 9 heavy (non-hydrogen) atoms. The smallest absolute Gasteiger partial charge is 0.258 e. The van der Waals surface area contributed by atoms with Crippen LogP contribution >= 0.6 is 0 Å². The van der Waals surface area contributed by atoms with Crippen molar-refractivity contribution in [3.63, 3.8) is 0 Å². The summed E-state index contributed by atoms with van der Waals surface area (Å²) in [4.78, 5) is 0. The first-order valence-corrected chi connectivity index (χ1v) is 4.08. The van der Waals surface area contributed by atoms with E-state index in [1.165, 1.54) is 9.99 Å². The molecule has 0 aliphatic rings. The van der Waals surface area contributed by atoms with Gasteiger partial charge in [-0.2, -0.15) is 0 Å². The zero-order valence-electron chi connectivity index (χ0n) is 5.59. The fourth-order valence-corrected chi connectivity index (χ4v) is 1.06. The summed E-state index contributed by atoms with van der Waals surface area (Å²) >= 11 is 1.13. The summed E-state index contributed by atoms with van der Waals surface area (Å²) in [7, 11) is 0. The summed E-state index contributed by atoms with van der Waals surface area (Å²) in [5, 5.41) is 0. The van der Waals surface area contributed by atoms with E-state index < -0.39 is 0 Å². The van der Waals surface area contributed by atoms with Crippen molar-refractivity contribution >= 4 is 20.7 Å². The molecular formula is C7H10AlN. The first-order chi connectivity index (χ1) is 4.33. The largest absolute Gasteiger partial charge is 0.326 e. The Morgan fingerprint density at radius 2 is 1.78 bits per heavy atom. The molecule has 0 aromatic heterocycles. The summed E-state index contributed by atoms with van der Waals surface area (Å²) < 4.78 is 1.42. The first kappa shape index (κ1) is 6.83. The van der Waals surface area contributed by atoms with E-state index in [-0.39, 0.29) is 0 Å². The van der Waals surface area contributed by atoms with Crippen LogP contribution in [0.25, 0.3) is 0 Å². The minimum absolute atomic E-state index is 0.655. The summed E-state index contributed by atoms with van der Waals surface area (Å²) in [6, 6.07) is 8.44. The van der Waals surface area contributed by atoms with Gasteiger partial charge in [0, 0.05) is 6.54 Å². The quantitative estimate of drug-likeness (QED) is 0.511. The molecule has 1 aromatic rings. The van der Waals surface area contributed by atoms with Crippen molar-refractivity contribution < 1.29 is 0 Å². The van der Waals surface area contributed by atoms with Gasteiger partial charge in [0.1, 0.15) is 0 Å². The highest BCUT2D eigenvalue weighted by Crippen LogP contribution is 1.92. The Hall–Kier alpha value is -0.288. The van der Waals surface area contributed by atoms with Gasteiger partial charge in [-0.3, -0.25) is 0 Å². The molecule has 1 aromatic carbocycles. The van der Waals surface area contributed by atoms with Crippen molar-refractivity contribution in [2.24, 2.45) is 5.73 Å². The predicted molar refractivity (Wildman–Crippen MR) is 42.5 cm³/mol. The highest BCUT2D eigenvalue weighted by Gasteiger charge is 1.85. The predicted octanol–water partition coefficient (Wildman–Crippen LogP) is -0.596. The van der Waals surface area contributed by atoms with Gasteiger partial charge in [-0.25, -0.2) is 0 Å². The van der Waals surface area contributed by atoms with Crippen LogP contribution in [0.5, 0.6) is 0 Å². The van der Waals surface area contributed by atoms with E-state index in [9.17, 15) is 0 Å². The standard InChI is InChI=1S/C7H8N.Al.2H/c8-6-7-4-2-1-3-5-7;;;/h2-5H,6,8H2;;;. The van der Waals surface area contributed by atoms with Crippen LogP contribution in [-0.2, 0) is 6.54 Å². The van der Waals surface area contributed by atoms with E-state index in [0.29, 0.717) is 6.54 Å². The average Bonchev–Trinajstić information content (AvgIpc) is 1.90. The molecule has 2 N–H and O–H groups in total. The topological polar surface area (TPSA) is 26.0 Å². The zero-order valence-corrected chi connectivity index (χ0v) is 7.59. The van der Waals surface area contributed by atoms with E-state index in [0.717, 1.165) is 16.3 Å². The molecule has 0 atom stereocenters. The van der Waals surface area contributed by atoms with E-state index in [4.69, 9.17) is 5.73 Å². The summed E-state index contributed by atoms with van der Waals surface area (Å²) in [6.07, 6.45) is 0. The highest BCUT2D eigenvalue weighted by atomic mass is 27.0. The molecule has 1 rings (SSSR count). The number of rotatable bonds is 1. The number of hydrogen-bond acceptors (Lipinski definition) is 1. The summed E-state index contributed by atoms with van der Waals surface area (Å²) in [5.41, 5.74) is 6.63. The Morgan fingerprint density at radius 3 is 2.22 bits per heavy atom. The van der Waals surface area contributed by atoms with Gasteiger partial charge >= 0.3 is 0 Å². The van der Waals surface area contributed by atoms with Gasteiger partial charge in [0.25, 0.3) is 16.3 Å². The van der Waals surface area contributed by atoms with Crippen LogP contribution in [0, 0.1) is 0 Å². The Bertz CT molecular complexity index is 181. The van der Waals surface area contributed by atoms with E-state index >= 15 is 0 Å². The van der Waals surface area contributed by atoms with Gasteiger partial charge in [0.15, 0.2) is 0 Å². The fourth-order valence-electron chi connectivity index (χ4n) is 0.724. The van der Waals surface area contributed by atoms with Gasteiger partial charge in [0.05, 0.1) is 0 Å². The van der Waals surface area contributed by atoms with Crippen LogP contribution in [0.3, 0.4) is 0 Å². The van der Waals surface area contributed by atoms with Crippen LogP contribution in [0.1, 0.15) is 5.56 Å². The highest BCUT2D eigenvalue weighted by molar-refractivity contribution is 6.32. The van der Waals surface area contributed by atoms with Crippen LogP contribution < -0.4 is 10.2 Å². The molecule has 0 amide bonds. The van der Waals surface area contributed by atoms with E-state index in [1.54, 1.807) is 0 Å². The molecule has 0 aliphatic heterocycles. The SMILES string of the molecule is NCc1cc[c]([AlH2])cc1. The molecule has 0 spiro atoms. The van der Waals surface area contributed by atoms with Gasteiger partial charge in [-0.1, -0.05) is 24.3 Å². The number of benzene rings is 1. The van der Waals surface area contributed by atoms with Crippen molar-refractivity contribution in [2.45, 2.75) is 6.54 Å². The van der Waals surface area contributed by atoms with Crippen LogP contribution in [0.2, 0.25) is 0 Å². The third kappa shape index (κ3) is 1.83. The van der Waals surface area contributed by atoms with Gasteiger partial charge in [-0.05, 0) is 5.56 Å². The molecule has 0 bridgehead atoms. The Kier molecular flexibility index (Phi) is 2.30. The molecule has 0 radical (unpaired) electrons. The monoisotopic (exact) mass is 135 g/mol. The van der Waals surface area contributed by atoms with Crippen LogP contribution in [0.15, 0.2) is 24.3 Å². The molecule has 1 nitrogen and oxygen atoms in total. The van der Waals surface area contributed by atoms with E-state index in [1.807, 2.05) is 0 Å². The number of nitrogens with two attached hydrogens (primary N) is 1. The zero-order chi connectivity index (χ0) is 6.69. The lowest BCUT2D eigenvalue weighted by molar-refractivity contribution is 1.07. The van der Waals surface area contributed by atoms with Crippen molar-refractivity contribution in [1.82, 2.24) is 0 Å². The van der Waals surface area contributed by atoms with Crippen LogP contribution in [0.4, 0.5) is 0 Å². The molecule has 0 fully saturated rings. The van der Waals surface area contributed by atoms with Crippen molar-refractivity contribution in [1.29, 1.82) is 0 Å². The average molecular weight is 135 g/mol. The second-order valence-corrected chi connectivity index (χ2v) is 3.34. The lowest BCUT2D eigenvalue weighted by Crippen LogP contribution is -2.02. The molecule has 46 valence electrons. The molecule has 0 saturated heterocycles. The van der Waals surface area contributed by atoms with Gasteiger partial charge in [-0.15, -0.1) is 4.43 Å². The summed E-state index contributed by atoms with van der Waals surface area (Å²) in [6.45, 7) is 0.655. The second-order valence-electron chi connectivity index (χ2n) is 2.19. The van der Waals surface area contributed by atoms with Gasteiger partial charge < -0.3 is 5.73 Å². The van der Waals surface area contributed by atoms with Gasteiger partial charge in [0.2, 0.25) is 0 Å². The molecule has 0 heterocycles. The van der Waals surface area contributed by atoms with Crippen molar-refractivity contribution in [2.75, 3.05) is 0 Å². The Balaban J connectivity index is 2.88. The summed E-state index contributed by atoms with van der Waals surface area (Å²) in [5.74, 6) is 0. The van der Waals surface area contributed by atoms with Crippen molar-refractivity contribution in [3.8, 4) is 0 Å². The second kappa shape index (κ2) is 3.03. The lowest BCUT2D eigenvalue weighted by atomic mass is 10.2. The molecule has 0 saturated carbocycles. The van der Waals surface area contributed by atoms with Crippen LogP contribution in [-0.4, -0.2) is 16.3 Å². The molecule has 0 unspecified atom stereocenters. The maximum atomic E-state index is 5.41. The van der Waals surface area contributed by atoms with E-state index in [2.05, 4.69) is 24.3 Å². The third-order valence-electron chi connectivity index (χ3n) is 1.36. The lowest BCUT2D eigenvalue weighted by Gasteiger charge is -1.94. The Morgan fingerprint density at radius 1 is 1.22 bits per heavy atom. The maximum absolute atomic E-state index is 5.41. The first-order valence-electron chi connectivity index (χ1n) is 3.08. The molecule has 0 aliphatic carbocycles. The number of hydrogen-bond donors (Lipinski definition) is 1. The Labute approximate surface area is 63.3 Å². The fraction of sp³-hybridized carbons (Fsp3) is 0.143. The third-order valence-corrected chi connectivity index (χ3v) is 2.02. The minimum atomic E-state index is 0.655. The minimum Gasteiger partial charge on any atom is -0.326 e. The van der Waals surface area contributed by atoms with Crippen molar-refractivity contribution in [3.05, 3.63) is 29.8 Å².